The molecule has 3 aromatic rings. The van der Waals surface area contributed by atoms with Gasteiger partial charge in [-0.25, -0.2) is 0 Å². The highest BCUT2D eigenvalue weighted by atomic mass is 14.7. The Kier molecular flexibility index (Phi) is 4.06. The number of aromatic nitrogens is 1. The minimum atomic E-state index is 0.452. The van der Waals surface area contributed by atoms with Crippen molar-refractivity contribution in [1.82, 2.24) is 4.98 Å². The predicted octanol–water partition coefficient (Wildman–Crippen LogP) is 5.85. The quantitative estimate of drug-likeness (QED) is 0.589. The largest absolute Gasteiger partial charge is 0.256 e. The Bertz CT molecular complexity index is 756. The fraction of sp³-hybridized carbons (Fsp3) is 0.190. The zero-order valence-electron chi connectivity index (χ0n) is 13.4. The molecule has 0 aliphatic carbocycles. The lowest BCUT2D eigenvalue weighted by Gasteiger charge is -2.14. The molecular weight excluding hydrogens is 266 g/mol. The number of rotatable bonds is 3. The summed E-state index contributed by atoms with van der Waals surface area (Å²) in [5.41, 5.74) is 7.31. The molecule has 0 aliphatic rings. The van der Waals surface area contributed by atoms with Gasteiger partial charge in [0, 0.05) is 11.8 Å². The summed E-state index contributed by atoms with van der Waals surface area (Å²) in [4.78, 5) is 4.67. The molecule has 3 rings (SSSR count). The van der Waals surface area contributed by atoms with Crippen LogP contribution < -0.4 is 0 Å². The summed E-state index contributed by atoms with van der Waals surface area (Å²) in [6.07, 6.45) is 2.03. The second-order valence-corrected chi connectivity index (χ2v) is 6.04. The molecule has 22 heavy (non-hydrogen) atoms. The van der Waals surface area contributed by atoms with Crippen LogP contribution in [0.25, 0.3) is 22.4 Å². The molecule has 2 aromatic carbocycles. The first-order valence-corrected chi connectivity index (χ1v) is 7.77. The SMILES string of the molecule is Cc1ccc(-c2cc(-c3ccccc3)ncc2C(C)C)cc1. The van der Waals surface area contributed by atoms with Crippen molar-refractivity contribution in [3.05, 3.63) is 78.0 Å². The smallest absolute Gasteiger partial charge is 0.0708 e. The molecule has 0 bridgehead atoms. The van der Waals surface area contributed by atoms with Crippen molar-refractivity contribution >= 4 is 0 Å². The zero-order chi connectivity index (χ0) is 15.5. The zero-order valence-corrected chi connectivity index (χ0v) is 13.4. The van der Waals surface area contributed by atoms with Gasteiger partial charge in [0.15, 0.2) is 0 Å². The maximum atomic E-state index is 4.67. The third-order valence-corrected chi connectivity index (χ3v) is 3.99. The Morgan fingerprint density at radius 1 is 0.818 bits per heavy atom. The average Bonchev–Trinajstić information content (AvgIpc) is 2.56. The number of aryl methyl sites for hydroxylation is 1. The molecule has 1 aromatic heterocycles. The van der Waals surface area contributed by atoms with E-state index in [-0.39, 0.29) is 0 Å². The van der Waals surface area contributed by atoms with Gasteiger partial charge in [-0.2, -0.15) is 0 Å². The molecule has 0 saturated heterocycles. The summed E-state index contributed by atoms with van der Waals surface area (Å²) in [6, 6.07) is 21.3. The lowest BCUT2D eigenvalue weighted by molar-refractivity contribution is 0.861. The Balaban J connectivity index is 2.15. The Hall–Kier alpha value is -2.41. The molecule has 0 radical (unpaired) electrons. The number of pyridine rings is 1. The van der Waals surface area contributed by atoms with Crippen LogP contribution in [0.15, 0.2) is 66.9 Å². The summed E-state index contributed by atoms with van der Waals surface area (Å²) in [6.45, 7) is 6.56. The van der Waals surface area contributed by atoms with Crippen LogP contribution >= 0.6 is 0 Å². The maximum absolute atomic E-state index is 4.67. The van der Waals surface area contributed by atoms with E-state index in [9.17, 15) is 0 Å². The van der Waals surface area contributed by atoms with Crippen LogP contribution in [0.2, 0.25) is 0 Å². The van der Waals surface area contributed by atoms with E-state index in [0.717, 1.165) is 11.3 Å². The van der Waals surface area contributed by atoms with Crippen molar-refractivity contribution in [1.29, 1.82) is 0 Å². The van der Waals surface area contributed by atoms with Gasteiger partial charge in [0.05, 0.1) is 5.69 Å². The van der Waals surface area contributed by atoms with E-state index in [2.05, 4.69) is 80.4 Å². The van der Waals surface area contributed by atoms with Crippen molar-refractivity contribution in [2.45, 2.75) is 26.7 Å². The molecule has 0 fully saturated rings. The molecule has 1 heterocycles. The van der Waals surface area contributed by atoms with E-state index in [0.29, 0.717) is 5.92 Å². The van der Waals surface area contributed by atoms with Gasteiger partial charge in [-0.3, -0.25) is 4.98 Å². The van der Waals surface area contributed by atoms with E-state index >= 15 is 0 Å². The van der Waals surface area contributed by atoms with Crippen molar-refractivity contribution in [2.24, 2.45) is 0 Å². The lowest BCUT2D eigenvalue weighted by Crippen LogP contribution is -1.96. The van der Waals surface area contributed by atoms with Crippen LogP contribution in [0.3, 0.4) is 0 Å². The van der Waals surface area contributed by atoms with Crippen molar-refractivity contribution < 1.29 is 0 Å². The normalized spacial score (nSPS) is 10.9. The summed E-state index contributed by atoms with van der Waals surface area (Å²) in [5.74, 6) is 0.452. The van der Waals surface area contributed by atoms with E-state index < -0.39 is 0 Å². The number of benzene rings is 2. The maximum Gasteiger partial charge on any atom is 0.0708 e. The molecule has 0 N–H and O–H groups in total. The van der Waals surface area contributed by atoms with Gasteiger partial charge in [-0.05, 0) is 35.6 Å². The lowest BCUT2D eigenvalue weighted by atomic mass is 9.92. The van der Waals surface area contributed by atoms with Gasteiger partial charge in [0.25, 0.3) is 0 Å². The second-order valence-electron chi connectivity index (χ2n) is 6.04. The van der Waals surface area contributed by atoms with Crippen LogP contribution in [0, 0.1) is 6.92 Å². The van der Waals surface area contributed by atoms with Crippen LogP contribution in [0.4, 0.5) is 0 Å². The molecule has 1 heteroatoms. The van der Waals surface area contributed by atoms with Gasteiger partial charge in [-0.1, -0.05) is 74.0 Å². The Morgan fingerprint density at radius 2 is 1.50 bits per heavy atom. The molecule has 0 atom stereocenters. The molecule has 0 spiro atoms. The van der Waals surface area contributed by atoms with Crippen LogP contribution in [0.5, 0.6) is 0 Å². The first kappa shape index (κ1) is 14.5. The van der Waals surface area contributed by atoms with Crippen molar-refractivity contribution in [3.8, 4) is 22.4 Å². The van der Waals surface area contributed by atoms with Crippen LogP contribution in [-0.2, 0) is 0 Å². The fourth-order valence-electron chi connectivity index (χ4n) is 2.68. The monoisotopic (exact) mass is 287 g/mol. The van der Waals surface area contributed by atoms with Gasteiger partial charge >= 0.3 is 0 Å². The fourth-order valence-corrected chi connectivity index (χ4v) is 2.68. The molecular formula is C21H21N. The van der Waals surface area contributed by atoms with Crippen LogP contribution in [-0.4, -0.2) is 4.98 Å². The highest BCUT2D eigenvalue weighted by Gasteiger charge is 2.11. The first-order chi connectivity index (χ1) is 10.6. The molecule has 0 amide bonds. The summed E-state index contributed by atoms with van der Waals surface area (Å²) < 4.78 is 0. The average molecular weight is 287 g/mol. The molecule has 1 nitrogen and oxygen atoms in total. The Morgan fingerprint density at radius 3 is 2.14 bits per heavy atom. The third kappa shape index (κ3) is 2.94. The van der Waals surface area contributed by atoms with E-state index in [1.54, 1.807) is 0 Å². The molecule has 110 valence electrons. The van der Waals surface area contributed by atoms with Gasteiger partial charge < -0.3 is 0 Å². The number of hydrogen-bond donors (Lipinski definition) is 0. The molecule has 0 unspecified atom stereocenters. The van der Waals surface area contributed by atoms with Gasteiger partial charge in [-0.15, -0.1) is 0 Å². The minimum absolute atomic E-state index is 0.452. The summed E-state index contributed by atoms with van der Waals surface area (Å²) in [7, 11) is 0. The first-order valence-electron chi connectivity index (χ1n) is 7.77. The topological polar surface area (TPSA) is 12.9 Å². The summed E-state index contributed by atoms with van der Waals surface area (Å²) in [5, 5.41) is 0. The minimum Gasteiger partial charge on any atom is -0.256 e. The second kappa shape index (κ2) is 6.15. The van der Waals surface area contributed by atoms with E-state index in [1.165, 1.54) is 22.3 Å². The van der Waals surface area contributed by atoms with Crippen molar-refractivity contribution in [3.63, 3.8) is 0 Å². The standard InChI is InChI=1S/C21H21N/c1-15(2)20-14-22-21(18-7-5-4-6-8-18)13-19(20)17-11-9-16(3)10-12-17/h4-15H,1-3H3. The van der Waals surface area contributed by atoms with Gasteiger partial charge in [0.1, 0.15) is 0 Å². The Labute approximate surface area is 132 Å². The molecule has 0 aliphatic heterocycles. The molecule has 0 saturated carbocycles. The van der Waals surface area contributed by atoms with Crippen molar-refractivity contribution in [2.75, 3.05) is 0 Å². The van der Waals surface area contributed by atoms with E-state index in [1.807, 2.05) is 12.3 Å². The highest BCUT2D eigenvalue weighted by molar-refractivity contribution is 5.73. The summed E-state index contributed by atoms with van der Waals surface area (Å²) >= 11 is 0. The highest BCUT2D eigenvalue weighted by Crippen LogP contribution is 2.32. The van der Waals surface area contributed by atoms with Crippen LogP contribution in [0.1, 0.15) is 30.9 Å². The van der Waals surface area contributed by atoms with Gasteiger partial charge in [0.2, 0.25) is 0 Å². The third-order valence-electron chi connectivity index (χ3n) is 3.99. The predicted molar refractivity (Wildman–Crippen MR) is 93.9 cm³/mol. The van der Waals surface area contributed by atoms with E-state index in [4.69, 9.17) is 0 Å². The number of nitrogens with zero attached hydrogens (tertiary/aromatic N) is 1. The number of hydrogen-bond acceptors (Lipinski definition) is 1.